The summed E-state index contributed by atoms with van der Waals surface area (Å²) in [5.74, 6) is -0.911. The summed E-state index contributed by atoms with van der Waals surface area (Å²) in [6.07, 6.45) is 79.8. The molecule has 73 heavy (non-hydrogen) atoms. The molecule has 1 atom stereocenters. The van der Waals surface area contributed by atoms with Crippen LogP contribution < -0.4 is 0 Å². The third-order valence-corrected chi connectivity index (χ3v) is 13.7. The van der Waals surface area contributed by atoms with Gasteiger partial charge in [0, 0.05) is 19.3 Å². The molecule has 0 amide bonds. The topological polar surface area (TPSA) is 78.9 Å². The molecular formula is C67H118O6. The number of carbonyl (C=O) groups excluding carboxylic acids is 3. The highest BCUT2D eigenvalue weighted by molar-refractivity contribution is 5.71. The first kappa shape index (κ1) is 69.8. The number of esters is 3. The summed E-state index contributed by atoms with van der Waals surface area (Å²) < 4.78 is 16.7. The maximum atomic E-state index is 12.8. The van der Waals surface area contributed by atoms with Crippen molar-refractivity contribution in [3.8, 4) is 0 Å². The SMILES string of the molecule is CC/C=C\C/C=C\C/C=C\C/C=C\CCCCCCC(=O)OC(COC(=O)CCCCCCC)COC(=O)CCCCCCCCCCCCCCCCCCCCCCC/C=C\C/C=C\CCCCCCC. The van der Waals surface area contributed by atoms with Crippen molar-refractivity contribution < 1.29 is 28.6 Å². The Kier molecular flexibility index (Phi) is 58.7. The van der Waals surface area contributed by atoms with E-state index in [1.165, 1.54) is 167 Å². The zero-order valence-corrected chi connectivity index (χ0v) is 48.4. The Morgan fingerprint density at radius 3 is 0.836 bits per heavy atom. The Morgan fingerprint density at radius 2 is 0.534 bits per heavy atom. The number of rotatable bonds is 57. The van der Waals surface area contributed by atoms with E-state index in [0.29, 0.717) is 19.3 Å². The minimum Gasteiger partial charge on any atom is -0.462 e. The van der Waals surface area contributed by atoms with E-state index in [2.05, 4.69) is 93.7 Å². The first-order valence-corrected chi connectivity index (χ1v) is 31.4. The molecule has 0 aromatic heterocycles. The number of ether oxygens (including phenoxy) is 3. The summed E-state index contributed by atoms with van der Waals surface area (Å²) in [4.78, 5) is 37.8. The van der Waals surface area contributed by atoms with Gasteiger partial charge in [-0.3, -0.25) is 14.4 Å². The second-order valence-corrected chi connectivity index (χ2v) is 20.9. The quantitative estimate of drug-likeness (QED) is 0.0261. The van der Waals surface area contributed by atoms with Crippen LogP contribution in [-0.2, 0) is 28.6 Å². The average Bonchev–Trinajstić information content (AvgIpc) is 3.39. The van der Waals surface area contributed by atoms with Gasteiger partial charge >= 0.3 is 17.9 Å². The van der Waals surface area contributed by atoms with E-state index in [9.17, 15) is 14.4 Å². The van der Waals surface area contributed by atoms with Crippen LogP contribution in [0.4, 0.5) is 0 Å². The van der Waals surface area contributed by atoms with Gasteiger partial charge in [0.1, 0.15) is 13.2 Å². The molecule has 1 unspecified atom stereocenters. The van der Waals surface area contributed by atoms with Gasteiger partial charge in [0.25, 0.3) is 0 Å². The third kappa shape index (κ3) is 59.6. The molecule has 0 saturated carbocycles. The summed E-state index contributed by atoms with van der Waals surface area (Å²) >= 11 is 0. The summed E-state index contributed by atoms with van der Waals surface area (Å²) in [6, 6.07) is 0. The smallest absolute Gasteiger partial charge is 0.306 e. The number of carbonyl (C=O) groups is 3. The monoisotopic (exact) mass is 1020 g/mol. The lowest BCUT2D eigenvalue weighted by atomic mass is 10.0. The van der Waals surface area contributed by atoms with Gasteiger partial charge < -0.3 is 14.2 Å². The first-order valence-electron chi connectivity index (χ1n) is 31.4. The van der Waals surface area contributed by atoms with Crippen molar-refractivity contribution in [2.75, 3.05) is 13.2 Å². The van der Waals surface area contributed by atoms with Crippen LogP contribution in [-0.4, -0.2) is 37.2 Å². The van der Waals surface area contributed by atoms with Gasteiger partial charge in [-0.25, -0.2) is 0 Å². The fourth-order valence-corrected chi connectivity index (χ4v) is 9.00. The maximum Gasteiger partial charge on any atom is 0.306 e. The van der Waals surface area contributed by atoms with E-state index in [0.717, 1.165) is 109 Å². The molecule has 6 heteroatoms. The Labute approximate surface area is 453 Å². The predicted octanol–water partition coefficient (Wildman–Crippen LogP) is 21.3. The van der Waals surface area contributed by atoms with Crippen molar-refractivity contribution in [1.29, 1.82) is 0 Å². The van der Waals surface area contributed by atoms with E-state index in [4.69, 9.17) is 14.2 Å². The maximum absolute atomic E-state index is 12.8. The molecule has 0 fully saturated rings. The van der Waals surface area contributed by atoms with Crippen LogP contribution in [0.5, 0.6) is 0 Å². The molecule has 0 saturated heterocycles. The van der Waals surface area contributed by atoms with E-state index in [1.807, 2.05) is 0 Å². The average molecular weight is 1020 g/mol. The number of allylic oxidation sites excluding steroid dienone is 12. The minimum atomic E-state index is -0.783. The van der Waals surface area contributed by atoms with Crippen LogP contribution in [0.15, 0.2) is 72.9 Å². The van der Waals surface area contributed by atoms with E-state index in [1.54, 1.807) is 0 Å². The van der Waals surface area contributed by atoms with Crippen molar-refractivity contribution >= 4 is 17.9 Å². The van der Waals surface area contributed by atoms with Crippen molar-refractivity contribution in [3.05, 3.63) is 72.9 Å². The van der Waals surface area contributed by atoms with Gasteiger partial charge in [-0.15, -0.1) is 0 Å². The second kappa shape index (κ2) is 61.4. The summed E-state index contributed by atoms with van der Waals surface area (Å²) in [6.45, 7) is 6.43. The Hall–Kier alpha value is -3.15. The number of hydrogen-bond acceptors (Lipinski definition) is 6. The predicted molar refractivity (Wildman–Crippen MR) is 316 cm³/mol. The molecule has 422 valence electrons. The van der Waals surface area contributed by atoms with Gasteiger partial charge in [0.15, 0.2) is 6.10 Å². The molecule has 0 radical (unpaired) electrons. The van der Waals surface area contributed by atoms with Gasteiger partial charge in [0.05, 0.1) is 0 Å². The summed E-state index contributed by atoms with van der Waals surface area (Å²) in [5, 5.41) is 0. The Bertz CT molecular complexity index is 1360. The normalized spacial score (nSPS) is 12.5. The van der Waals surface area contributed by atoms with Crippen LogP contribution in [0.3, 0.4) is 0 Å². The third-order valence-electron chi connectivity index (χ3n) is 13.7. The molecule has 0 aliphatic heterocycles. The van der Waals surface area contributed by atoms with E-state index >= 15 is 0 Å². The highest BCUT2D eigenvalue weighted by Gasteiger charge is 2.19. The van der Waals surface area contributed by atoms with E-state index < -0.39 is 6.10 Å². The largest absolute Gasteiger partial charge is 0.462 e. The molecule has 0 bridgehead atoms. The lowest BCUT2D eigenvalue weighted by Gasteiger charge is -2.18. The van der Waals surface area contributed by atoms with Crippen LogP contribution in [0.2, 0.25) is 0 Å². The molecular weight excluding hydrogens is 901 g/mol. The lowest BCUT2D eigenvalue weighted by Crippen LogP contribution is -2.30. The Balaban J connectivity index is 3.94. The number of hydrogen-bond donors (Lipinski definition) is 0. The fraction of sp³-hybridized carbons (Fsp3) is 0.776. The van der Waals surface area contributed by atoms with Crippen molar-refractivity contribution in [2.45, 2.75) is 322 Å². The molecule has 0 spiro atoms. The van der Waals surface area contributed by atoms with Crippen molar-refractivity contribution in [3.63, 3.8) is 0 Å². The molecule has 0 aliphatic carbocycles. The zero-order chi connectivity index (χ0) is 52.9. The molecule has 0 N–H and O–H groups in total. The molecule has 0 aromatic rings. The highest BCUT2D eigenvalue weighted by atomic mass is 16.6. The second-order valence-electron chi connectivity index (χ2n) is 20.9. The van der Waals surface area contributed by atoms with Crippen molar-refractivity contribution in [2.24, 2.45) is 0 Å². The fourth-order valence-electron chi connectivity index (χ4n) is 9.00. The number of unbranched alkanes of at least 4 members (excludes halogenated alkanes) is 34. The van der Waals surface area contributed by atoms with E-state index in [-0.39, 0.29) is 31.1 Å². The van der Waals surface area contributed by atoms with Gasteiger partial charge in [-0.05, 0) is 89.9 Å². The first-order chi connectivity index (χ1) is 36.0. The lowest BCUT2D eigenvalue weighted by molar-refractivity contribution is -0.167. The molecule has 0 aromatic carbocycles. The van der Waals surface area contributed by atoms with Gasteiger partial charge in [0.2, 0.25) is 0 Å². The van der Waals surface area contributed by atoms with Crippen molar-refractivity contribution in [1.82, 2.24) is 0 Å². The Morgan fingerprint density at radius 1 is 0.288 bits per heavy atom. The molecule has 6 nitrogen and oxygen atoms in total. The van der Waals surface area contributed by atoms with Crippen LogP contribution >= 0.6 is 0 Å². The van der Waals surface area contributed by atoms with Gasteiger partial charge in [-0.2, -0.15) is 0 Å². The molecule has 0 heterocycles. The van der Waals surface area contributed by atoms with Crippen LogP contribution in [0.25, 0.3) is 0 Å². The van der Waals surface area contributed by atoms with Gasteiger partial charge in [-0.1, -0.05) is 280 Å². The molecule has 0 rings (SSSR count). The zero-order valence-electron chi connectivity index (χ0n) is 48.4. The van der Waals surface area contributed by atoms with Crippen LogP contribution in [0, 0.1) is 0 Å². The van der Waals surface area contributed by atoms with Crippen LogP contribution in [0.1, 0.15) is 316 Å². The minimum absolute atomic E-state index is 0.0829. The summed E-state index contributed by atoms with van der Waals surface area (Å²) in [7, 11) is 0. The summed E-state index contributed by atoms with van der Waals surface area (Å²) in [5.41, 5.74) is 0. The highest BCUT2D eigenvalue weighted by Crippen LogP contribution is 2.17. The standard InChI is InChI=1S/C67H118O6/c1-4-7-10-13-15-17-19-21-23-25-26-27-28-29-30-31-32-33-34-35-36-37-38-39-40-42-43-45-47-49-51-54-57-60-66(69)72-63-64(62-71-65(68)59-56-53-12-9-6-3)73-67(70)61-58-55-52-50-48-46-44-41-24-22-20-18-16-14-11-8-5-2/h8,11,16,18-19,21-22,24-26,44,46,64H,4-7,9-10,12-15,17,20,23,27-43,45,47-63H2,1-3H3/b11-8-,18-16-,21-19-,24-22-,26-25-,46-44-. The molecule has 0 aliphatic rings.